The summed E-state index contributed by atoms with van der Waals surface area (Å²) in [6, 6.07) is 29.8. The van der Waals surface area contributed by atoms with Crippen LogP contribution in [0.25, 0.3) is 33.5 Å². The lowest BCUT2D eigenvalue weighted by Crippen LogP contribution is -2.18. The largest absolute Gasteiger partial charge is 0.460 e. The number of benzene rings is 4. The second kappa shape index (κ2) is 20.8. The number of nitrogen functional groups attached to an aromatic ring is 1. The summed E-state index contributed by atoms with van der Waals surface area (Å²) < 4.78 is 23.8. The Kier molecular flexibility index (Phi) is 15.9. The lowest BCUT2D eigenvalue weighted by molar-refractivity contribution is 0.00134. The molecule has 0 aliphatic heterocycles. The summed E-state index contributed by atoms with van der Waals surface area (Å²) in [5.41, 5.74) is 19.8. The Bertz CT molecular complexity index is 1790. The van der Waals surface area contributed by atoms with Crippen LogP contribution in [0.4, 0.5) is 11.4 Å². The lowest BCUT2D eigenvalue weighted by atomic mass is 9.98. The number of hydrogen-bond acceptors (Lipinski definition) is 9. The maximum absolute atomic E-state index is 13.0. The summed E-state index contributed by atoms with van der Waals surface area (Å²) in [6.45, 7) is 8.30. The van der Waals surface area contributed by atoms with Gasteiger partial charge in [-0.25, -0.2) is 9.78 Å². The highest BCUT2D eigenvalue weighted by Gasteiger charge is 2.16. The Hall–Kier alpha value is -4.74. The molecule has 0 atom stereocenters. The minimum atomic E-state index is -0.391. The number of para-hydroxylation sites is 2. The number of aromatic nitrogens is 2. The molecule has 0 spiro atoms. The summed E-state index contributed by atoms with van der Waals surface area (Å²) >= 11 is 0. The molecule has 0 radical (unpaired) electrons. The van der Waals surface area contributed by atoms with Crippen LogP contribution < -0.4 is 16.4 Å². The minimum absolute atomic E-state index is 0.152. The molecule has 4 N–H and O–H groups in total. The third-order valence-electron chi connectivity index (χ3n) is 8.29. The lowest BCUT2D eigenvalue weighted by Gasteiger charge is -2.22. The van der Waals surface area contributed by atoms with E-state index in [-0.39, 0.29) is 13.2 Å². The van der Waals surface area contributed by atoms with E-state index in [4.69, 9.17) is 35.4 Å². The molecule has 0 fully saturated rings. The van der Waals surface area contributed by atoms with E-state index >= 15 is 0 Å². The van der Waals surface area contributed by atoms with E-state index in [0.717, 1.165) is 44.8 Å². The van der Waals surface area contributed by atoms with E-state index in [2.05, 4.69) is 47.6 Å². The number of nitrogens with two attached hydrogens (primary N) is 2. The van der Waals surface area contributed by atoms with Gasteiger partial charge in [-0.2, -0.15) is 0 Å². The molecule has 0 amide bonds. The third kappa shape index (κ3) is 11.4. The third-order valence-corrected chi connectivity index (χ3v) is 8.29. The van der Waals surface area contributed by atoms with Gasteiger partial charge < -0.3 is 39.9 Å². The number of rotatable bonds is 18. The second-order valence-corrected chi connectivity index (χ2v) is 12.1. The van der Waals surface area contributed by atoms with Gasteiger partial charge in [0.15, 0.2) is 0 Å². The van der Waals surface area contributed by atoms with Crippen LogP contribution in [0.1, 0.15) is 42.6 Å². The molecule has 51 heavy (non-hydrogen) atoms. The predicted octanol–water partition coefficient (Wildman–Crippen LogP) is 7.10. The van der Waals surface area contributed by atoms with Gasteiger partial charge in [0.25, 0.3) is 0 Å². The van der Waals surface area contributed by atoms with Crippen molar-refractivity contribution in [1.82, 2.24) is 9.55 Å². The monoisotopic (exact) mass is 695 g/mol. The molecule has 0 aliphatic carbocycles. The molecular formula is C41H53N5O5. The number of imidazole rings is 1. The normalized spacial score (nSPS) is 10.9. The molecule has 5 rings (SSSR count). The van der Waals surface area contributed by atoms with E-state index in [9.17, 15) is 4.79 Å². The SMILES string of the molecule is CCCC.CN(Cc1ccc(-c2ccccc2C(=O)OCCOCCOCCOCCN)cc1)c1cc(-c2nc3ccccc3n2C)ccc1N. The fourth-order valence-corrected chi connectivity index (χ4v) is 5.37. The number of unbranched alkanes of at least 4 members (excludes halogenated alkanes) is 1. The van der Waals surface area contributed by atoms with Crippen LogP contribution in [0, 0.1) is 0 Å². The zero-order valence-electron chi connectivity index (χ0n) is 30.5. The van der Waals surface area contributed by atoms with Gasteiger partial charge >= 0.3 is 5.97 Å². The van der Waals surface area contributed by atoms with Crippen molar-refractivity contribution in [3.8, 4) is 22.5 Å². The number of hydrogen-bond donors (Lipinski definition) is 2. The fourth-order valence-electron chi connectivity index (χ4n) is 5.37. The van der Waals surface area contributed by atoms with Crippen LogP contribution in [-0.4, -0.2) is 75.4 Å². The van der Waals surface area contributed by atoms with Gasteiger partial charge in [0.2, 0.25) is 0 Å². The molecule has 0 saturated carbocycles. The average molecular weight is 696 g/mol. The Morgan fingerprint density at radius 1 is 0.765 bits per heavy atom. The van der Waals surface area contributed by atoms with Crippen LogP contribution >= 0.6 is 0 Å². The summed E-state index contributed by atoms with van der Waals surface area (Å²) in [5, 5.41) is 0. The summed E-state index contributed by atoms with van der Waals surface area (Å²) in [5.74, 6) is 0.498. The highest BCUT2D eigenvalue weighted by Crippen LogP contribution is 2.32. The van der Waals surface area contributed by atoms with Gasteiger partial charge in [-0.05, 0) is 53.1 Å². The van der Waals surface area contributed by atoms with Crippen LogP contribution in [0.15, 0.2) is 91.0 Å². The van der Waals surface area contributed by atoms with Gasteiger partial charge in [-0.15, -0.1) is 0 Å². The molecule has 10 heteroatoms. The fraction of sp³-hybridized carbons (Fsp3) is 0.366. The van der Waals surface area contributed by atoms with Crippen LogP contribution in [0.5, 0.6) is 0 Å². The molecule has 272 valence electrons. The number of carbonyl (C=O) groups is 1. The Labute approximate surface area is 302 Å². The molecule has 4 aromatic carbocycles. The Morgan fingerprint density at radius 2 is 1.37 bits per heavy atom. The van der Waals surface area contributed by atoms with Crippen molar-refractivity contribution in [2.75, 3.05) is 70.5 Å². The van der Waals surface area contributed by atoms with Gasteiger partial charge in [-0.3, -0.25) is 0 Å². The second-order valence-electron chi connectivity index (χ2n) is 12.1. The van der Waals surface area contributed by atoms with Crippen molar-refractivity contribution in [1.29, 1.82) is 0 Å². The molecular weight excluding hydrogens is 642 g/mol. The number of anilines is 2. The first kappa shape index (κ1) is 39.1. The molecule has 0 aliphatic rings. The van der Waals surface area contributed by atoms with Crippen molar-refractivity contribution in [3.05, 3.63) is 102 Å². The first-order chi connectivity index (χ1) is 24.9. The standard InChI is InChI=1S/C37H43N5O5.C4H10/c1-41(35-25-29(15-16-32(35)39)36-40-33-9-5-6-10-34(33)42(36)2)26-27-11-13-28(14-12-27)30-7-3-4-8-31(30)37(43)47-24-23-46-22-21-45-20-19-44-18-17-38;1-3-4-2/h3-16,25H,17-24,26,38-39H2,1-2H3;3-4H2,1-2H3. The quantitative estimate of drug-likeness (QED) is 0.0561. The van der Waals surface area contributed by atoms with Gasteiger partial charge in [-0.1, -0.05) is 81.3 Å². The van der Waals surface area contributed by atoms with Crippen LogP contribution in [0.3, 0.4) is 0 Å². The molecule has 10 nitrogen and oxygen atoms in total. The maximum atomic E-state index is 13.0. The van der Waals surface area contributed by atoms with Crippen molar-refractivity contribution in [2.45, 2.75) is 33.2 Å². The Balaban J connectivity index is 0.00000138. The van der Waals surface area contributed by atoms with Crippen molar-refractivity contribution >= 4 is 28.4 Å². The maximum Gasteiger partial charge on any atom is 0.338 e. The molecule has 5 aromatic rings. The number of fused-ring (bicyclic) bond motifs is 1. The molecule has 1 heterocycles. The summed E-state index contributed by atoms with van der Waals surface area (Å²) in [4.78, 5) is 19.9. The van der Waals surface area contributed by atoms with E-state index < -0.39 is 5.97 Å². The van der Waals surface area contributed by atoms with Gasteiger partial charge in [0.1, 0.15) is 12.4 Å². The highest BCUT2D eigenvalue weighted by atomic mass is 16.6. The zero-order chi connectivity index (χ0) is 36.4. The molecule has 0 saturated heterocycles. The molecule has 0 bridgehead atoms. The van der Waals surface area contributed by atoms with Crippen molar-refractivity contribution < 1.29 is 23.7 Å². The first-order valence-electron chi connectivity index (χ1n) is 17.7. The smallest absolute Gasteiger partial charge is 0.338 e. The van der Waals surface area contributed by atoms with Gasteiger partial charge in [0.05, 0.1) is 67.6 Å². The van der Waals surface area contributed by atoms with Crippen molar-refractivity contribution in [3.63, 3.8) is 0 Å². The molecule has 1 aromatic heterocycles. The van der Waals surface area contributed by atoms with Gasteiger partial charge in [0, 0.05) is 32.7 Å². The number of aryl methyl sites for hydroxylation is 1. The van der Waals surface area contributed by atoms with Crippen molar-refractivity contribution in [2.24, 2.45) is 12.8 Å². The zero-order valence-corrected chi connectivity index (χ0v) is 30.5. The van der Waals surface area contributed by atoms with E-state index in [1.54, 1.807) is 6.07 Å². The van der Waals surface area contributed by atoms with Crippen LogP contribution in [-0.2, 0) is 32.5 Å². The topological polar surface area (TPSA) is 127 Å². The van der Waals surface area contributed by atoms with E-state index in [1.807, 2.05) is 74.8 Å². The predicted molar refractivity (Wildman–Crippen MR) is 207 cm³/mol. The number of carbonyl (C=O) groups excluding carboxylic acids is 1. The summed E-state index contributed by atoms with van der Waals surface area (Å²) in [6.07, 6.45) is 2.64. The minimum Gasteiger partial charge on any atom is -0.460 e. The molecule has 0 unspecified atom stereocenters. The highest BCUT2D eigenvalue weighted by molar-refractivity contribution is 5.97. The van der Waals surface area contributed by atoms with E-state index in [0.29, 0.717) is 57.4 Å². The van der Waals surface area contributed by atoms with Crippen LogP contribution in [0.2, 0.25) is 0 Å². The number of ether oxygens (including phenoxy) is 4. The Morgan fingerprint density at radius 3 is 2.04 bits per heavy atom. The summed E-state index contributed by atoms with van der Waals surface area (Å²) in [7, 11) is 4.06. The number of nitrogens with zero attached hydrogens (tertiary/aromatic N) is 3. The first-order valence-corrected chi connectivity index (χ1v) is 17.7. The number of esters is 1. The van der Waals surface area contributed by atoms with E-state index in [1.165, 1.54) is 12.8 Å². The average Bonchev–Trinajstić information content (AvgIpc) is 3.50.